The summed E-state index contributed by atoms with van der Waals surface area (Å²) in [6, 6.07) is 7.66. The van der Waals surface area contributed by atoms with Crippen LogP contribution >= 0.6 is 0 Å². The number of rotatable bonds is 2. The highest BCUT2D eigenvalue weighted by atomic mass is 32.2. The highest BCUT2D eigenvalue weighted by molar-refractivity contribution is 7.90. The van der Waals surface area contributed by atoms with Crippen LogP contribution in [-0.4, -0.2) is 19.8 Å². The summed E-state index contributed by atoms with van der Waals surface area (Å²) in [4.78, 5) is 0.128. The van der Waals surface area contributed by atoms with Crippen LogP contribution in [0, 0.1) is 11.6 Å². The fourth-order valence-corrected chi connectivity index (χ4v) is 2.27. The lowest BCUT2D eigenvalue weighted by Crippen LogP contribution is -1.96. The monoisotopic (exact) mass is 284 g/mol. The number of hydrogen-bond donors (Lipinski definition) is 1. The molecule has 19 heavy (non-hydrogen) atoms. The van der Waals surface area contributed by atoms with Crippen molar-refractivity contribution in [3.63, 3.8) is 0 Å². The average molecular weight is 284 g/mol. The van der Waals surface area contributed by atoms with Crippen molar-refractivity contribution in [3.05, 3.63) is 48.0 Å². The zero-order valence-electron chi connectivity index (χ0n) is 9.89. The first-order valence-corrected chi connectivity index (χ1v) is 7.16. The smallest absolute Gasteiger partial charge is 0.200 e. The molecule has 0 radical (unpaired) electrons. The summed E-state index contributed by atoms with van der Waals surface area (Å²) in [5.41, 5.74) is 0.734. The molecule has 0 spiro atoms. The van der Waals surface area contributed by atoms with Gasteiger partial charge < -0.3 is 5.11 Å². The number of phenols is 1. The standard InChI is InChI=1S/C13H10F2O3S/c1-19(17,18)10-4-2-8(3-5-10)9-6-11(14)13(15)12(16)7-9/h2-7,16H,1H3. The van der Waals surface area contributed by atoms with Crippen LogP contribution in [0.4, 0.5) is 8.78 Å². The molecule has 0 aromatic heterocycles. The minimum atomic E-state index is -3.31. The molecular weight excluding hydrogens is 274 g/mol. The molecule has 0 fully saturated rings. The molecule has 100 valence electrons. The molecule has 3 nitrogen and oxygen atoms in total. The van der Waals surface area contributed by atoms with Crippen LogP contribution in [-0.2, 0) is 9.84 Å². The molecule has 2 rings (SSSR count). The molecule has 0 amide bonds. The van der Waals surface area contributed by atoms with Crippen molar-refractivity contribution in [1.82, 2.24) is 0 Å². The maximum Gasteiger partial charge on any atom is 0.200 e. The largest absolute Gasteiger partial charge is 0.505 e. The van der Waals surface area contributed by atoms with E-state index < -0.39 is 27.2 Å². The SMILES string of the molecule is CS(=O)(=O)c1ccc(-c2cc(O)c(F)c(F)c2)cc1. The first-order valence-electron chi connectivity index (χ1n) is 5.27. The predicted octanol–water partition coefficient (Wildman–Crippen LogP) is 2.74. The quantitative estimate of drug-likeness (QED) is 0.922. The maximum atomic E-state index is 13.2. The summed E-state index contributed by atoms with van der Waals surface area (Å²) < 4.78 is 48.7. The third kappa shape index (κ3) is 2.73. The first kappa shape index (κ1) is 13.5. The molecule has 2 aromatic carbocycles. The van der Waals surface area contributed by atoms with Gasteiger partial charge in [0.2, 0.25) is 0 Å². The van der Waals surface area contributed by atoms with E-state index in [0.29, 0.717) is 5.56 Å². The van der Waals surface area contributed by atoms with Crippen molar-refractivity contribution in [3.8, 4) is 16.9 Å². The van der Waals surface area contributed by atoms with Gasteiger partial charge in [0.25, 0.3) is 0 Å². The molecule has 0 saturated carbocycles. The van der Waals surface area contributed by atoms with Crippen LogP contribution in [0.15, 0.2) is 41.3 Å². The van der Waals surface area contributed by atoms with Gasteiger partial charge in [0, 0.05) is 6.26 Å². The number of benzene rings is 2. The second kappa shape index (κ2) is 4.62. The van der Waals surface area contributed by atoms with Gasteiger partial charge in [-0.15, -0.1) is 0 Å². The molecule has 0 heterocycles. The van der Waals surface area contributed by atoms with E-state index >= 15 is 0 Å². The van der Waals surface area contributed by atoms with Crippen molar-refractivity contribution in [2.75, 3.05) is 6.26 Å². The Kier molecular flexibility index (Phi) is 3.28. The van der Waals surface area contributed by atoms with Gasteiger partial charge in [0.15, 0.2) is 27.2 Å². The number of hydrogen-bond acceptors (Lipinski definition) is 3. The van der Waals surface area contributed by atoms with E-state index in [1.54, 1.807) is 0 Å². The van der Waals surface area contributed by atoms with E-state index in [2.05, 4.69) is 0 Å². The van der Waals surface area contributed by atoms with Gasteiger partial charge in [0.1, 0.15) is 0 Å². The molecule has 0 bridgehead atoms. The van der Waals surface area contributed by atoms with E-state index in [1.165, 1.54) is 24.3 Å². The second-order valence-corrected chi connectivity index (χ2v) is 6.10. The molecule has 1 N–H and O–H groups in total. The van der Waals surface area contributed by atoms with Crippen LogP contribution in [0.1, 0.15) is 0 Å². The van der Waals surface area contributed by atoms with Crippen molar-refractivity contribution in [2.45, 2.75) is 4.90 Å². The molecule has 2 aromatic rings. The van der Waals surface area contributed by atoms with E-state index in [-0.39, 0.29) is 10.5 Å². The molecular formula is C13H10F2O3S. The average Bonchev–Trinajstić information content (AvgIpc) is 2.34. The number of phenolic OH excluding ortho intramolecular Hbond substituents is 1. The van der Waals surface area contributed by atoms with Crippen LogP contribution in [0.3, 0.4) is 0 Å². The summed E-state index contributed by atoms with van der Waals surface area (Å²) in [5.74, 6) is -3.26. The van der Waals surface area contributed by atoms with E-state index in [4.69, 9.17) is 0 Å². The minimum Gasteiger partial charge on any atom is -0.505 e. The van der Waals surface area contributed by atoms with Crippen molar-refractivity contribution in [2.24, 2.45) is 0 Å². The van der Waals surface area contributed by atoms with Crippen molar-refractivity contribution in [1.29, 1.82) is 0 Å². The first-order chi connectivity index (χ1) is 8.79. The Balaban J connectivity index is 2.49. The van der Waals surface area contributed by atoms with Crippen LogP contribution in [0.25, 0.3) is 11.1 Å². The van der Waals surface area contributed by atoms with Gasteiger partial charge in [-0.05, 0) is 35.4 Å². The molecule has 0 unspecified atom stereocenters. The predicted molar refractivity (Wildman–Crippen MR) is 66.6 cm³/mol. The summed E-state index contributed by atoms with van der Waals surface area (Å²) in [7, 11) is -3.31. The Labute approximate surface area is 109 Å². The fraction of sp³-hybridized carbons (Fsp3) is 0.0769. The van der Waals surface area contributed by atoms with Crippen LogP contribution in [0.5, 0.6) is 5.75 Å². The van der Waals surface area contributed by atoms with Gasteiger partial charge >= 0.3 is 0 Å². The Hall–Kier alpha value is -1.95. The summed E-state index contributed by atoms with van der Waals surface area (Å²) in [6.07, 6.45) is 1.07. The van der Waals surface area contributed by atoms with Crippen LogP contribution in [0.2, 0.25) is 0 Å². The Morgan fingerprint density at radius 1 is 1.00 bits per heavy atom. The highest BCUT2D eigenvalue weighted by Crippen LogP contribution is 2.28. The van der Waals surface area contributed by atoms with Crippen molar-refractivity contribution >= 4 is 9.84 Å². The highest BCUT2D eigenvalue weighted by Gasteiger charge is 2.12. The zero-order valence-corrected chi connectivity index (χ0v) is 10.7. The fourth-order valence-electron chi connectivity index (χ4n) is 1.64. The lowest BCUT2D eigenvalue weighted by atomic mass is 10.1. The lowest BCUT2D eigenvalue weighted by molar-refractivity contribution is 0.407. The van der Waals surface area contributed by atoms with E-state index in [9.17, 15) is 22.3 Å². The molecule has 0 saturated heterocycles. The topological polar surface area (TPSA) is 54.4 Å². The number of halogens is 2. The molecule has 0 aliphatic carbocycles. The van der Waals surface area contributed by atoms with Crippen molar-refractivity contribution < 1.29 is 22.3 Å². The number of aromatic hydroxyl groups is 1. The normalized spacial score (nSPS) is 11.5. The Morgan fingerprint density at radius 2 is 1.58 bits per heavy atom. The van der Waals surface area contributed by atoms with Gasteiger partial charge in [-0.2, -0.15) is 4.39 Å². The molecule has 6 heteroatoms. The van der Waals surface area contributed by atoms with Crippen LogP contribution < -0.4 is 0 Å². The molecule has 0 aliphatic heterocycles. The zero-order chi connectivity index (χ0) is 14.2. The van der Waals surface area contributed by atoms with Gasteiger partial charge in [-0.25, -0.2) is 12.8 Å². The number of sulfone groups is 1. The van der Waals surface area contributed by atoms with E-state index in [0.717, 1.165) is 18.4 Å². The summed E-state index contributed by atoms with van der Waals surface area (Å²) in [6.45, 7) is 0. The molecule has 0 aliphatic rings. The summed E-state index contributed by atoms with van der Waals surface area (Å²) >= 11 is 0. The molecule has 0 atom stereocenters. The Morgan fingerprint density at radius 3 is 2.05 bits per heavy atom. The second-order valence-electron chi connectivity index (χ2n) is 4.09. The van der Waals surface area contributed by atoms with E-state index in [1.807, 2.05) is 0 Å². The lowest BCUT2D eigenvalue weighted by Gasteiger charge is -2.05. The third-order valence-corrected chi connectivity index (χ3v) is 3.75. The summed E-state index contributed by atoms with van der Waals surface area (Å²) in [5, 5.41) is 9.22. The van der Waals surface area contributed by atoms with Gasteiger partial charge in [-0.3, -0.25) is 0 Å². The van der Waals surface area contributed by atoms with Gasteiger partial charge in [-0.1, -0.05) is 12.1 Å². The maximum absolute atomic E-state index is 13.2. The van der Waals surface area contributed by atoms with Gasteiger partial charge in [0.05, 0.1) is 4.90 Å². The Bertz CT molecular complexity index is 699. The minimum absolute atomic E-state index is 0.128. The third-order valence-electron chi connectivity index (χ3n) is 2.62.